The molecule has 4 nitrogen and oxygen atoms in total. The highest BCUT2D eigenvalue weighted by Gasteiger charge is 2.38. The fraction of sp³-hybridized carbons (Fsp3) is 0.357. The van der Waals surface area contributed by atoms with Crippen molar-refractivity contribution in [2.45, 2.75) is 24.7 Å². The van der Waals surface area contributed by atoms with Gasteiger partial charge in [-0.15, -0.1) is 13.2 Å². The number of hydrogen-bond donors (Lipinski definition) is 1. The highest BCUT2D eigenvalue weighted by molar-refractivity contribution is 5.79. The second-order valence-corrected chi connectivity index (χ2v) is 5.09. The molecule has 1 aliphatic heterocycles. The third kappa shape index (κ3) is 2.55. The second kappa shape index (κ2) is 4.68. The Kier molecular flexibility index (Phi) is 3.07. The number of benzene rings is 1. The molecule has 1 aromatic carbocycles. The number of carboxylic acid groups (broad SMARTS) is 1. The van der Waals surface area contributed by atoms with E-state index in [1.54, 1.807) is 0 Å². The topological polar surface area (TPSA) is 61.4 Å². The van der Waals surface area contributed by atoms with Crippen LogP contribution in [0.5, 0.6) is 5.75 Å². The van der Waals surface area contributed by atoms with Crippen molar-refractivity contribution in [3.63, 3.8) is 0 Å². The first-order valence-corrected chi connectivity index (χ1v) is 6.39. The van der Waals surface area contributed by atoms with E-state index in [-0.39, 0.29) is 17.6 Å². The first kappa shape index (κ1) is 13.8. The summed E-state index contributed by atoms with van der Waals surface area (Å²) >= 11 is 0. The van der Waals surface area contributed by atoms with Crippen LogP contribution in [0.15, 0.2) is 30.4 Å². The molecular formula is C14H11F3NO3-. The molecular weight excluding hydrogens is 287 g/mol. The number of fused-ring (bicyclic) bond motifs is 3. The molecule has 1 aromatic rings. The molecule has 0 aromatic heterocycles. The number of anilines is 1. The van der Waals surface area contributed by atoms with Crippen LogP contribution in [0.25, 0.3) is 0 Å². The predicted octanol–water partition coefficient (Wildman–Crippen LogP) is 1.79. The number of alkyl halides is 3. The molecule has 0 fully saturated rings. The van der Waals surface area contributed by atoms with Gasteiger partial charge < -0.3 is 20.0 Å². The van der Waals surface area contributed by atoms with Gasteiger partial charge in [0.1, 0.15) is 5.75 Å². The molecule has 0 radical (unpaired) electrons. The van der Waals surface area contributed by atoms with Crippen molar-refractivity contribution in [2.24, 2.45) is 5.92 Å². The van der Waals surface area contributed by atoms with Gasteiger partial charge in [0.05, 0.1) is 12.0 Å². The van der Waals surface area contributed by atoms with E-state index in [0.717, 1.165) is 6.07 Å². The van der Waals surface area contributed by atoms with Crippen LogP contribution in [0.1, 0.15) is 17.9 Å². The summed E-state index contributed by atoms with van der Waals surface area (Å²) in [5.41, 5.74) is 1.10. The second-order valence-electron chi connectivity index (χ2n) is 5.09. The van der Waals surface area contributed by atoms with Crippen LogP contribution in [0, 0.1) is 5.92 Å². The summed E-state index contributed by atoms with van der Waals surface area (Å²) < 4.78 is 40.7. The summed E-state index contributed by atoms with van der Waals surface area (Å²) in [6.07, 6.45) is -0.564. The average Bonchev–Trinajstić information content (AvgIpc) is 2.85. The Labute approximate surface area is 118 Å². The quantitative estimate of drug-likeness (QED) is 0.846. The van der Waals surface area contributed by atoms with E-state index in [1.807, 2.05) is 12.2 Å². The molecule has 0 saturated heterocycles. The van der Waals surface area contributed by atoms with Gasteiger partial charge in [-0.1, -0.05) is 12.2 Å². The molecule has 112 valence electrons. The zero-order valence-electron chi connectivity index (χ0n) is 10.7. The lowest BCUT2D eigenvalue weighted by atomic mass is 9.79. The number of rotatable bonds is 2. The maximum absolute atomic E-state index is 12.3. The van der Waals surface area contributed by atoms with Gasteiger partial charge in [-0.2, -0.15) is 0 Å². The molecule has 0 amide bonds. The van der Waals surface area contributed by atoms with E-state index < -0.39 is 18.4 Å². The molecule has 3 atom stereocenters. The van der Waals surface area contributed by atoms with Gasteiger partial charge in [0.2, 0.25) is 0 Å². The Bertz CT molecular complexity index is 612. The molecule has 21 heavy (non-hydrogen) atoms. The summed E-state index contributed by atoms with van der Waals surface area (Å²) in [4.78, 5) is 11.2. The van der Waals surface area contributed by atoms with Crippen LogP contribution in [0.4, 0.5) is 18.9 Å². The minimum atomic E-state index is -4.76. The summed E-state index contributed by atoms with van der Waals surface area (Å²) in [6.45, 7) is 0. The van der Waals surface area contributed by atoms with Gasteiger partial charge in [-0.25, -0.2) is 0 Å². The molecule has 3 rings (SSSR count). The minimum Gasteiger partial charge on any atom is -0.548 e. The number of aliphatic carboxylic acids is 1. The highest BCUT2D eigenvalue weighted by atomic mass is 19.4. The zero-order valence-corrected chi connectivity index (χ0v) is 10.7. The van der Waals surface area contributed by atoms with E-state index >= 15 is 0 Å². The molecule has 1 N–H and O–H groups in total. The van der Waals surface area contributed by atoms with Crippen molar-refractivity contribution in [1.82, 2.24) is 0 Å². The Balaban J connectivity index is 1.97. The third-order valence-electron chi connectivity index (χ3n) is 3.82. The van der Waals surface area contributed by atoms with Crippen molar-refractivity contribution >= 4 is 11.7 Å². The Hall–Kier alpha value is -2.18. The normalized spacial score (nSPS) is 26.7. The average molecular weight is 298 g/mol. The summed E-state index contributed by atoms with van der Waals surface area (Å²) in [6, 6.07) is 3.00. The van der Waals surface area contributed by atoms with Crippen molar-refractivity contribution in [3.05, 3.63) is 35.9 Å². The zero-order chi connectivity index (χ0) is 15.2. The van der Waals surface area contributed by atoms with Crippen LogP contribution in [-0.4, -0.2) is 18.4 Å². The molecule has 2 aliphatic rings. The number of carbonyl (C=O) groups is 1. The standard InChI is InChI=1S/C14H12F3NO3/c15-14(16,17)21-7-4-5-11-10(6-7)8-2-1-3-9(8)12(18-11)13(19)20/h1-2,4-6,8-9,12,18H,3H2,(H,19,20)/p-1/t8-,9+,12+/m0/s1. The number of carbonyl (C=O) groups excluding carboxylic acids is 1. The van der Waals surface area contributed by atoms with E-state index in [4.69, 9.17) is 0 Å². The monoisotopic (exact) mass is 298 g/mol. The van der Waals surface area contributed by atoms with E-state index in [1.165, 1.54) is 12.1 Å². The number of nitrogens with one attached hydrogen (secondary N) is 1. The largest absolute Gasteiger partial charge is 0.573 e. The lowest BCUT2D eigenvalue weighted by Gasteiger charge is -2.37. The highest BCUT2D eigenvalue weighted by Crippen LogP contribution is 2.45. The van der Waals surface area contributed by atoms with E-state index in [9.17, 15) is 23.1 Å². The molecule has 0 bridgehead atoms. The molecule has 0 spiro atoms. The molecule has 1 heterocycles. The molecule has 1 aliphatic carbocycles. The van der Waals surface area contributed by atoms with E-state index in [2.05, 4.69) is 10.1 Å². The van der Waals surface area contributed by atoms with E-state index in [0.29, 0.717) is 17.7 Å². The van der Waals surface area contributed by atoms with Crippen LogP contribution >= 0.6 is 0 Å². The van der Waals surface area contributed by atoms with Gasteiger partial charge in [-0.3, -0.25) is 0 Å². The maximum Gasteiger partial charge on any atom is 0.573 e. The number of hydrogen-bond acceptors (Lipinski definition) is 4. The summed E-state index contributed by atoms with van der Waals surface area (Å²) in [7, 11) is 0. The van der Waals surface area contributed by atoms with Gasteiger partial charge in [0.25, 0.3) is 0 Å². The van der Waals surface area contributed by atoms with Gasteiger partial charge in [-0.05, 0) is 36.1 Å². The summed E-state index contributed by atoms with van der Waals surface area (Å²) in [5, 5.41) is 14.0. The van der Waals surface area contributed by atoms with Crippen LogP contribution < -0.4 is 15.2 Å². The van der Waals surface area contributed by atoms with Crippen LogP contribution in [0.2, 0.25) is 0 Å². The lowest BCUT2D eigenvalue weighted by molar-refractivity contribution is -0.308. The van der Waals surface area contributed by atoms with Crippen LogP contribution in [-0.2, 0) is 4.79 Å². The predicted molar refractivity (Wildman–Crippen MR) is 65.5 cm³/mol. The first-order valence-electron chi connectivity index (χ1n) is 6.39. The number of allylic oxidation sites excluding steroid dienone is 2. The smallest absolute Gasteiger partial charge is 0.548 e. The van der Waals surface area contributed by atoms with Gasteiger partial charge >= 0.3 is 6.36 Å². The van der Waals surface area contributed by atoms with Crippen molar-refractivity contribution < 1.29 is 27.8 Å². The van der Waals surface area contributed by atoms with Crippen molar-refractivity contribution in [2.75, 3.05) is 5.32 Å². The Morgan fingerprint density at radius 1 is 1.38 bits per heavy atom. The maximum atomic E-state index is 12.3. The molecule has 7 heteroatoms. The third-order valence-corrected chi connectivity index (χ3v) is 3.82. The fourth-order valence-corrected chi connectivity index (χ4v) is 3.00. The van der Waals surface area contributed by atoms with Crippen molar-refractivity contribution in [1.29, 1.82) is 0 Å². The molecule has 0 unspecified atom stereocenters. The minimum absolute atomic E-state index is 0.249. The van der Waals surface area contributed by atoms with Gasteiger partial charge in [0, 0.05) is 11.6 Å². The lowest BCUT2D eigenvalue weighted by Crippen LogP contribution is -2.48. The van der Waals surface area contributed by atoms with Gasteiger partial charge in [0.15, 0.2) is 0 Å². The Morgan fingerprint density at radius 2 is 2.14 bits per heavy atom. The fourth-order valence-electron chi connectivity index (χ4n) is 3.00. The molecule has 0 saturated carbocycles. The first-order chi connectivity index (χ1) is 9.85. The Morgan fingerprint density at radius 3 is 2.81 bits per heavy atom. The number of halogens is 3. The SMILES string of the molecule is O=C([O-])[C@@H]1Nc2ccc(OC(F)(F)F)cc2[C@H]2C=CC[C@H]21. The van der Waals surface area contributed by atoms with Crippen molar-refractivity contribution in [3.8, 4) is 5.75 Å². The summed E-state index contributed by atoms with van der Waals surface area (Å²) in [5.74, 6) is -2.03. The number of ether oxygens (including phenoxy) is 1. The van der Waals surface area contributed by atoms with Crippen LogP contribution in [0.3, 0.4) is 0 Å². The number of carboxylic acids is 1.